The summed E-state index contributed by atoms with van der Waals surface area (Å²) in [5.41, 5.74) is 1.54. The summed E-state index contributed by atoms with van der Waals surface area (Å²) in [6, 6.07) is 1.12. The zero-order chi connectivity index (χ0) is 15.0. The molecule has 1 saturated heterocycles. The minimum absolute atomic E-state index is 0.403. The topological polar surface area (TPSA) is 80.5 Å². The number of morpholine rings is 1. The summed E-state index contributed by atoms with van der Waals surface area (Å²) in [7, 11) is 0. The molecule has 0 saturated carbocycles. The fourth-order valence-corrected chi connectivity index (χ4v) is 1.58. The number of halogens is 3. The molecule has 1 aliphatic rings. The molecule has 2 heterocycles. The second-order valence-electron chi connectivity index (χ2n) is 3.81. The molecule has 0 spiro atoms. The van der Waals surface area contributed by atoms with Crippen LogP contribution in [0.2, 0.25) is 0 Å². The van der Waals surface area contributed by atoms with Crippen molar-refractivity contribution in [3.05, 3.63) is 24.0 Å². The van der Waals surface area contributed by atoms with Crippen molar-refractivity contribution in [2.75, 3.05) is 31.2 Å². The number of carbonyl (C=O) groups excluding carboxylic acids is 1. The highest BCUT2D eigenvalue weighted by molar-refractivity contribution is 5.47. The second kappa shape index (κ2) is 7.65. The predicted molar refractivity (Wildman–Crippen MR) is 65.7 cm³/mol. The fourth-order valence-electron chi connectivity index (χ4n) is 1.58. The minimum atomic E-state index is -4.34. The van der Waals surface area contributed by atoms with Crippen molar-refractivity contribution in [3.63, 3.8) is 0 Å². The molecular formula is C11H15F3N4O2. The van der Waals surface area contributed by atoms with E-state index in [0.29, 0.717) is 38.4 Å². The third-order valence-corrected chi connectivity index (χ3v) is 2.50. The number of pyridine rings is 1. The Morgan fingerprint density at radius 3 is 2.45 bits per heavy atom. The van der Waals surface area contributed by atoms with Crippen molar-refractivity contribution in [1.29, 1.82) is 0 Å². The number of nitrogens with zero attached hydrogens (tertiary/aromatic N) is 2. The first-order chi connectivity index (χ1) is 9.49. The van der Waals surface area contributed by atoms with Gasteiger partial charge >= 0.3 is 6.18 Å². The Balaban J connectivity index is 0.000000444. The zero-order valence-corrected chi connectivity index (χ0v) is 10.6. The number of anilines is 1. The third kappa shape index (κ3) is 5.02. The summed E-state index contributed by atoms with van der Waals surface area (Å²) < 4.78 is 42.5. The second-order valence-corrected chi connectivity index (χ2v) is 3.81. The van der Waals surface area contributed by atoms with E-state index in [1.165, 1.54) is 6.20 Å². The highest BCUT2D eigenvalue weighted by atomic mass is 19.4. The Hall–Kier alpha value is -1.87. The Morgan fingerprint density at radius 2 is 1.95 bits per heavy atom. The van der Waals surface area contributed by atoms with Crippen molar-refractivity contribution >= 4 is 12.1 Å². The van der Waals surface area contributed by atoms with Gasteiger partial charge in [-0.15, -0.1) is 0 Å². The molecule has 1 aromatic rings. The lowest BCUT2D eigenvalue weighted by molar-refractivity contribution is -0.137. The van der Waals surface area contributed by atoms with E-state index in [0.717, 1.165) is 12.3 Å². The van der Waals surface area contributed by atoms with Gasteiger partial charge in [-0.05, 0) is 6.07 Å². The van der Waals surface area contributed by atoms with Crippen molar-refractivity contribution in [2.24, 2.45) is 5.84 Å². The van der Waals surface area contributed by atoms with Gasteiger partial charge in [-0.2, -0.15) is 13.2 Å². The molecular weight excluding hydrogens is 277 g/mol. The standard InChI is InChI=1S/C10H11F3N2O.CH4N2O/c11-10(12,13)8-5-9(7-14-6-8)15-1-3-16-4-2-15;2-3-1-4/h5-7H,1-4H2;1H,2H2,(H,3,4). The van der Waals surface area contributed by atoms with E-state index < -0.39 is 11.7 Å². The van der Waals surface area contributed by atoms with Crippen LogP contribution in [-0.2, 0) is 15.7 Å². The molecule has 0 aromatic carbocycles. The first-order valence-corrected chi connectivity index (χ1v) is 5.73. The van der Waals surface area contributed by atoms with Crippen molar-refractivity contribution in [1.82, 2.24) is 10.4 Å². The van der Waals surface area contributed by atoms with Crippen LogP contribution in [0.4, 0.5) is 18.9 Å². The number of carbonyl (C=O) groups is 1. The Labute approximate surface area is 113 Å². The van der Waals surface area contributed by atoms with Crippen LogP contribution in [-0.4, -0.2) is 37.7 Å². The lowest BCUT2D eigenvalue weighted by Gasteiger charge is -2.28. The van der Waals surface area contributed by atoms with Crippen LogP contribution in [0.25, 0.3) is 0 Å². The van der Waals surface area contributed by atoms with E-state index in [1.807, 2.05) is 4.90 Å². The van der Waals surface area contributed by atoms with E-state index in [-0.39, 0.29) is 0 Å². The highest BCUT2D eigenvalue weighted by Gasteiger charge is 2.31. The predicted octanol–water partition coefficient (Wildman–Crippen LogP) is 0.543. The van der Waals surface area contributed by atoms with Crippen LogP contribution in [0.15, 0.2) is 18.5 Å². The molecule has 20 heavy (non-hydrogen) atoms. The molecule has 112 valence electrons. The van der Waals surface area contributed by atoms with Crippen molar-refractivity contribution in [2.45, 2.75) is 6.18 Å². The number of aromatic nitrogens is 1. The van der Waals surface area contributed by atoms with Gasteiger partial charge in [0.15, 0.2) is 0 Å². The first kappa shape index (κ1) is 16.2. The van der Waals surface area contributed by atoms with Crippen molar-refractivity contribution < 1.29 is 22.7 Å². The highest BCUT2D eigenvalue weighted by Crippen LogP contribution is 2.30. The molecule has 3 N–H and O–H groups in total. The van der Waals surface area contributed by atoms with E-state index in [4.69, 9.17) is 9.53 Å². The third-order valence-electron chi connectivity index (χ3n) is 2.50. The number of nitrogens with two attached hydrogens (primary N) is 1. The summed E-state index contributed by atoms with van der Waals surface area (Å²) in [6.45, 7) is 2.28. The van der Waals surface area contributed by atoms with Crippen LogP contribution in [0.3, 0.4) is 0 Å². The number of amides is 1. The Bertz CT molecular complexity index is 422. The normalized spacial score (nSPS) is 15.1. The molecule has 0 radical (unpaired) electrons. The molecule has 2 rings (SSSR count). The number of nitrogens with one attached hydrogen (secondary N) is 1. The largest absolute Gasteiger partial charge is 0.417 e. The Kier molecular flexibility index (Phi) is 6.19. The van der Waals surface area contributed by atoms with E-state index in [2.05, 4.69) is 10.8 Å². The van der Waals surface area contributed by atoms with E-state index in [1.54, 1.807) is 5.43 Å². The summed E-state index contributed by atoms with van der Waals surface area (Å²) in [5.74, 6) is 4.41. The van der Waals surface area contributed by atoms with Crippen LogP contribution >= 0.6 is 0 Å². The van der Waals surface area contributed by atoms with Crippen LogP contribution in [0.5, 0.6) is 0 Å². The van der Waals surface area contributed by atoms with Gasteiger partial charge in [0.05, 0.1) is 30.7 Å². The molecule has 1 aromatic heterocycles. The van der Waals surface area contributed by atoms with Crippen molar-refractivity contribution in [3.8, 4) is 0 Å². The summed E-state index contributed by atoms with van der Waals surface area (Å²) in [4.78, 5) is 14.4. The maximum atomic E-state index is 12.5. The molecule has 1 aliphatic heterocycles. The number of hydrogen-bond acceptors (Lipinski definition) is 5. The van der Waals surface area contributed by atoms with E-state index >= 15 is 0 Å². The molecule has 0 atom stereocenters. The quantitative estimate of drug-likeness (QED) is 0.360. The monoisotopic (exact) mass is 292 g/mol. The maximum Gasteiger partial charge on any atom is 0.417 e. The number of rotatable bonds is 2. The SMILES string of the molecule is FC(F)(F)c1cncc(N2CCOCC2)c1.NNC=O. The molecule has 0 unspecified atom stereocenters. The molecule has 0 bridgehead atoms. The summed E-state index contributed by atoms with van der Waals surface area (Å²) in [6.07, 6.45) is -1.65. The van der Waals surface area contributed by atoms with Gasteiger partial charge in [-0.1, -0.05) is 0 Å². The van der Waals surface area contributed by atoms with Gasteiger partial charge in [0, 0.05) is 19.3 Å². The number of hydrazine groups is 1. The minimum Gasteiger partial charge on any atom is -0.378 e. The van der Waals surface area contributed by atoms with Gasteiger partial charge in [-0.25, -0.2) is 5.84 Å². The fraction of sp³-hybridized carbons (Fsp3) is 0.455. The molecule has 6 nitrogen and oxygen atoms in total. The summed E-state index contributed by atoms with van der Waals surface area (Å²) >= 11 is 0. The average molecular weight is 292 g/mol. The smallest absolute Gasteiger partial charge is 0.378 e. The van der Waals surface area contributed by atoms with E-state index in [9.17, 15) is 13.2 Å². The first-order valence-electron chi connectivity index (χ1n) is 5.73. The molecule has 0 aliphatic carbocycles. The van der Waals surface area contributed by atoms with Crippen LogP contribution in [0.1, 0.15) is 5.56 Å². The summed E-state index contributed by atoms with van der Waals surface area (Å²) in [5, 5.41) is 0. The molecule has 9 heteroatoms. The molecule has 1 fully saturated rings. The van der Waals surface area contributed by atoms with Gasteiger partial charge in [0.2, 0.25) is 6.41 Å². The zero-order valence-electron chi connectivity index (χ0n) is 10.6. The molecule has 1 amide bonds. The maximum absolute atomic E-state index is 12.5. The van der Waals surface area contributed by atoms with Gasteiger partial charge < -0.3 is 9.64 Å². The average Bonchev–Trinajstić information content (AvgIpc) is 2.48. The number of hydrogen-bond donors (Lipinski definition) is 2. The van der Waals surface area contributed by atoms with Gasteiger partial charge in [-0.3, -0.25) is 15.2 Å². The van der Waals surface area contributed by atoms with Crippen LogP contribution in [0, 0.1) is 0 Å². The number of ether oxygens (including phenoxy) is 1. The van der Waals surface area contributed by atoms with Crippen LogP contribution < -0.4 is 16.2 Å². The lowest BCUT2D eigenvalue weighted by atomic mass is 10.2. The van der Waals surface area contributed by atoms with Gasteiger partial charge in [0.1, 0.15) is 0 Å². The number of alkyl halides is 3. The van der Waals surface area contributed by atoms with Gasteiger partial charge in [0.25, 0.3) is 0 Å². The Morgan fingerprint density at radius 1 is 1.35 bits per heavy atom. The lowest BCUT2D eigenvalue weighted by Crippen LogP contribution is -2.36.